The summed E-state index contributed by atoms with van der Waals surface area (Å²) in [5.74, 6) is 0.344. The van der Waals surface area contributed by atoms with Crippen LogP contribution in [-0.4, -0.2) is 23.6 Å². The van der Waals surface area contributed by atoms with Crippen molar-refractivity contribution in [3.8, 4) is 0 Å². The number of nitrogens with one attached hydrogen (secondary N) is 1. The molecule has 100 valence electrons. The molecule has 0 atom stereocenters. The van der Waals surface area contributed by atoms with Crippen molar-refractivity contribution in [2.24, 2.45) is 0 Å². The molecule has 0 unspecified atom stereocenters. The zero-order valence-electron chi connectivity index (χ0n) is 11.5. The van der Waals surface area contributed by atoms with E-state index in [0.717, 1.165) is 25.9 Å². The molecule has 2 rings (SSSR count). The molecule has 3 nitrogen and oxygen atoms in total. The molecule has 1 fully saturated rings. The van der Waals surface area contributed by atoms with Crippen molar-refractivity contribution in [2.45, 2.75) is 45.7 Å². The van der Waals surface area contributed by atoms with E-state index in [4.69, 9.17) is 0 Å². The molecule has 1 aromatic rings. The molecule has 18 heavy (non-hydrogen) atoms. The molecule has 0 bridgehead atoms. The standard InChI is InChI=1S/C14H22FN3/c1-14(2,3)17-10-11-6-7-16-13(12(11)15)18-8-4-5-9-18/h6-7,17H,4-5,8-10H2,1-3H3. The molecule has 2 heterocycles. The lowest BCUT2D eigenvalue weighted by Gasteiger charge is -2.22. The average molecular weight is 251 g/mol. The zero-order valence-corrected chi connectivity index (χ0v) is 11.5. The van der Waals surface area contributed by atoms with Gasteiger partial charge in [-0.05, 0) is 39.7 Å². The Bertz CT molecular complexity index is 406. The third-order valence-corrected chi connectivity index (χ3v) is 3.17. The number of rotatable bonds is 3. The van der Waals surface area contributed by atoms with Gasteiger partial charge in [-0.1, -0.05) is 0 Å². The van der Waals surface area contributed by atoms with E-state index in [0.29, 0.717) is 17.9 Å². The van der Waals surface area contributed by atoms with Gasteiger partial charge < -0.3 is 10.2 Å². The first-order chi connectivity index (χ1) is 8.47. The summed E-state index contributed by atoms with van der Waals surface area (Å²) in [4.78, 5) is 6.23. The van der Waals surface area contributed by atoms with Crippen LogP contribution < -0.4 is 10.2 Å². The predicted molar refractivity (Wildman–Crippen MR) is 72.2 cm³/mol. The van der Waals surface area contributed by atoms with Gasteiger partial charge in [0.1, 0.15) is 0 Å². The first kappa shape index (κ1) is 13.3. The second kappa shape index (κ2) is 5.22. The number of hydrogen-bond acceptors (Lipinski definition) is 3. The van der Waals surface area contributed by atoms with Gasteiger partial charge in [0.25, 0.3) is 0 Å². The third kappa shape index (κ3) is 3.19. The van der Waals surface area contributed by atoms with E-state index in [1.54, 1.807) is 12.3 Å². The molecule has 0 radical (unpaired) electrons. The Morgan fingerprint density at radius 2 is 2.00 bits per heavy atom. The van der Waals surface area contributed by atoms with Gasteiger partial charge in [-0.2, -0.15) is 0 Å². The summed E-state index contributed by atoms with van der Waals surface area (Å²) in [5.41, 5.74) is 0.686. The zero-order chi connectivity index (χ0) is 13.2. The van der Waals surface area contributed by atoms with Gasteiger partial charge in [-0.3, -0.25) is 0 Å². The molecule has 0 spiro atoms. The van der Waals surface area contributed by atoms with Crippen LogP contribution in [0.15, 0.2) is 12.3 Å². The van der Waals surface area contributed by atoms with Crippen LogP contribution in [0.3, 0.4) is 0 Å². The summed E-state index contributed by atoms with van der Waals surface area (Å²) in [6, 6.07) is 1.76. The van der Waals surface area contributed by atoms with Crippen LogP contribution in [0.25, 0.3) is 0 Å². The van der Waals surface area contributed by atoms with Crippen molar-refractivity contribution in [3.63, 3.8) is 0 Å². The molecule has 4 heteroatoms. The minimum absolute atomic E-state index is 0.0104. The molecule has 1 saturated heterocycles. The van der Waals surface area contributed by atoms with Crippen LogP contribution in [-0.2, 0) is 6.54 Å². The average Bonchev–Trinajstić information content (AvgIpc) is 2.80. The van der Waals surface area contributed by atoms with Crippen LogP contribution >= 0.6 is 0 Å². The van der Waals surface area contributed by atoms with E-state index in [-0.39, 0.29) is 11.4 Å². The smallest absolute Gasteiger partial charge is 0.170 e. The number of aromatic nitrogens is 1. The highest BCUT2D eigenvalue weighted by Gasteiger charge is 2.20. The number of hydrogen-bond donors (Lipinski definition) is 1. The Morgan fingerprint density at radius 1 is 1.33 bits per heavy atom. The van der Waals surface area contributed by atoms with Crippen molar-refractivity contribution >= 4 is 5.82 Å². The summed E-state index contributed by atoms with van der Waals surface area (Å²) in [7, 11) is 0. The lowest BCUT2D eigenvalue weighted by atomic mass is 10.1. The molecule has 1 aliphatic rings. The second-order valence-corrected chi connectivity index (χ2v) is 5.91. The van der Waals surface area contributed by atoms with E-state index in [2.05, 4.69) is 31.1 Å². The molecule has 1 aromatic heterocycles. The van der Waals surface area contributed by atoms with Gasteiger partial charge in [-0.25, -0.2) is 9.37 Å². The van der Waals surface area contributed by atoms with E-state index in [1.807, 2.05) is 4.90 Å². The number of nitrogens with zero attached hydrogens (tertiary/aromatic N) is 2. The van der Waals surface area contributed by atoms with Crippen LogP contribution in [0, 0.1) is 5.82 Å². The molecule has 0 aliphatic carbocycles. The highest BCUT2D eigenvalue weighted by atomic mass is 19.1. The molecule has 1 N–H and O–H groups in total. The fourth-order valence-corrected chi connectivity index (χ4v) is 2.12. The van der Waals surface area contributed by atoms with Crippen molar-refractivity contribution in [2.75, 3.05) is 18.0 Å². The van der Waals surface area contributed by atoms with E-state index < -0.39 is 0 Å². The Labute approximate surface area is 108 Å². The lowest BCUT2D eigenvalue weighted by Crippen LogP contribution is -2.35. The van der Waals surface area contributed by atoms with Gasteiger partial charge in [0.15, 0.2) is 11.6 Å². The SMILES string of the molecule is CC(C)(C)NCc1ccnc(N2CCCC2)c1F. The Hall–Kier alpha value is -1.16. The maximum absolute atomic E-state index is 14.4. The van der Waals surface area contributed by atoms with E-state index >= 15 is 0 Å². The van der Waals surface area contributed by atoms with Crippen molar-refractivity contribution in [1.82, 2.24) is 10.3 Å². The molecule has 1 aliphatic heterocycles. The van der Waals surface area contributed by atoms with Crippen molar-refractivity contribution in [1.29, 1.82) is 0 Å². The fraction of sp³-hybridized carbons (Fsp3) is 0.643. The number of halogens is 1. The highest BCUT2D eigenvalue weighted by Crippen LogP contribution is 2.23. The summed E-state index contributed by atoms with van der Waals surface area (Å²) >= 11 is 0. The summed E-state index contributed by atoms with van der Waals surface area (Å²) in [5, 5.41) is 3.31. The van der Waals surface area contributed by atoms with Crippen LogP contribution in [0.1, 0.15) is 39.2 Å². The van der Waals surface area contributed by atoms with E-state index in [1.165, 1.54) is 0 Å². The predicted octanol–water partition coefficient (Wildman–Crippen LogP) is 2.71. The quantitative estimate of drug-likeness (QED) is 0.895. The second-order valence-electron chi connectivity index (χ2n) is 5.91. The first-order valence-corrected chi connectivity index (χ1v) is 6.61. The molecule has 0 saturated carbocycles. The summed E-state index contributed by atoms with van der Waals surface area (Å²) < 4.78 is 14.4. The Kier molecular flexibility index (Phi) is 3.85. The van der Waals surface area contributed by atoms with Crippen molar-refractivity contribution < 1.29 is 4.39 Å². The highest BCUT2D eigenvalue weighted by molar-refractivity contribution is 5.43. The Balaban J connectivity index is 2.14. The normalized spacial score (nSPS) is 16.3. The van der Waals surface area contributed by atoms with Crippen LogP contribution in [0.4, 0.5) is 10.2 Å². The van der Waals surface area contributed by atoms with E-state index in [9.17, 15) is 4.39 Å². The minimum atomic E-state index is -0.170. The van der Waals surface area contributed by atoms with Crippen LogP contribution in [0.2, 0.25) is 0 Å². The van der Waals surface area contributed by atoms with Gasteiger partial charge in [-0.15, -0.1) is 0 Å². The monoisotopic (exact) mass is 251 g/mol. The van der Waals surface area contributed by atoms with Gasteiger partial charge in [0.2, 0.25) is 0 Å². The lowest BCUT2D eigenvalue weighted by molar-refractivity contribution is 0.418. The molecular weight excluding hydrogens is 229 g/mol. The molecule has 0 amide bonds. The summed E-state index contributed by atoms with van der Waals surface area (Å²) in [6.45, 7) is 8.60. The number of anilines is 1. The summed E-state index contributed by atoms with van der Waals surface area (Å²) in [6.07, 6.45) is 3.97. The largest absolute Gasteiger partial charge is 0.354 e. The fourth-order valence-electron chi connectivity index (χ4n) is 2.12. The maximum atomic E-state index is 14.4. The van der Waals surface area contributed by atoms with Crippen LogP contribution in [0.5, 0.6) is 0 Å². The molecule has 0 aromatic carbocycles. The number of pyridine rings is 1. The third-order valence-electron chi connectivity index (χ3n) is 3.17. The topological polar surface area (TPSA) is 28.2 Å². The maximum Gasteiger partial charge on any atom is 0.170 e. The van der Waals surface area contributed by atoms with Crippen molar-refractivity contribution in [3.05, 3.63) is 23.6 Å². The Morgan fingerprint density at radius 3 is 2.61 bits per heavy atom. The first-order valence-electron chi connectivity index (χ1n) is 6.61. The minimum Gasteiger partial charge on any atom is -0.354 e. The van der Waals surface area contributed by atoms with Gasteiger partial charge in [0, 0.05) is 36.9 Å². The van der Waals surface area contributed by atoms with Gasteiger partial charge >= 0.3 is 0 Å². The molecular formula is C14H22FN3. The van der Waals surface area contributed by atoms with Gasteiger partial charge in [0.05, 0.1) is 0 Å².